The van der Waals surface area contributed by atoms with Crippen LogP contribution in [-0.2, 0) is 11.3 Å². The number of carbonyl (C=O) groups excluding carboxylic acids is 2. The van der Waals surface area contributed by atoms with Gasteiger partial charge in [-0.2, -0.15) is 0 Å². The van der Waals surface area contributed by atoms with E-state index in [0.29, 0.717) is 38.3 Å². The molecule has 0 atom stereocenters. The van der Waals surface area contributed by atoms with Crippen LogP contribution in [0.4, 0.5) is 9.18 Å². The Hall–Kier alpha value is -2.15. The summed E-state index contributed by atoms with van der Waals surface area (Å²) in [5.41, 5.74) is 0.477. The average molecular weight is 348 g/mol. The maximum absolute atomic E-state index is 13.6. The summed E-state index contributed by atoms with van der Waals surface area (Å²) in [4.78, 5) is 30.1. The van der Waals surface area contributed by atoms with Crippen LogP contribution in [-0.4, -0.2) is 72.5 Å². The number of piperazine rings is 1. The predicted molar refractivity (Wildman–Crippen MR) is 92.5 cm³/mol. The van der Waals surface area contributed by atoms with E-state index in [9.17, 15) is 14.0 Å². The van der Waals surface area contributed by atoms with E-state index in [4.69, 9.17) is 0 Å². The molecule has 2 aliphatic heterocycles. The van der Waals surface area contributed by atoms with Crippen molar-refractivity contribution in [1.29, 1.82) is 0 Å². The summed E-state index contributed by atoms with van der Waals surface area (Å²) in [5.74, 6) is -0.122. The molecular formula is C18H25FN4O2. The van der Waals surface area contributed by atoms with Gasteiger partial charge in [0.15, 0.2) is 0 Å². The van der Waals surface area contributed by atoms with Crippen molar-refractivity contribution >= 4 is 11.9 Å². The van der Waals surface area contributed by atoms with Crippen LogP contribution in [0.3, 0.4) is 0 Å². The summed E-state index contributed by atoms with van der Waals surface area (Å²) < 4.78 is 13.6. The largest absolute Gasteiger partial charge is 0.342 e. The van der Waals surface area contributed by atoms with Gasteiger partial charge in [0, 0.05) is 51.4 Å². The molecule has 0 bridgehead atoms. The van der Waals surface area contributed by atoms with Gasteiger partial charge in [-0.05, 0) is 18.9 Å². The SMILES string of the molecule is O=C(CN1CCN(C(=O)NCc2ccccc2F)CC1)N1CCCC1. The first-order chi connectivity index (χ1) is 12.1. The highest BCUT2D eigenvalue weighted by Crippen LogP contribution is 2.10. The lowest BCUT2D eigenvalue weighted by molar-refractivity contribution is -0.131. The molecule has 2 saturated heterocycles. The molecule has 3 rings (SSSR count). The average Bonchev–Trinajstić information content (AvgIpc) is 3.16. The van der Waals surface area contributed by atoms with Crippen molar-refractivity contribution in [3.05, 3.63) is 35.6 Å². The second-order valence-electron chi connectivity index (χ2n) is 6.60. The van der Waals surface area contributed by atoms with Crippen LogP contribution in [0, 0.1) is 5.82 Å². The molecule has 0 unspecified atom stereocenters. The number of urea groups is 1. The molecule has 0 radical (unpaired) electrons. The highest BCUT2D eigenvalue weighted by Gasteiger charge is 2.25. The number of nitrogens with one attached hydrogen (secondary N) is 1. The second-order valence-corrected chi connectivity index (χ2v) is 6.60. The standard InChI is InChI=1S/C18H25FN4O2/c19-16-6-2-1-5-15(16)13-20-18(25)23-11-9-21(10-12-23)14-17(24)22-7-3-4-8-22/h1-2,5-6H,3-4,7-14H2,(H,20,25). The molecule has 1 N–H and O–H groups in total. The predicted octanol–water partition coefficient (Wildman–Crippen LogP) is 1.28. The molecule has 6 nitrogen and oxygen atoms in total. The maximum atomic E-state index is 13.6. The fraction of sp³-hybridized carbons (Fsp3) is 0.556. The number of likely N-dealkylation sites (tertiary alicyclic amines) is 1. The van der Waals surface area contributed by atoms with Crippen LogP contribution in [0.1, 0.15) is 18.4 Å². The van der Waals surface area contributed by atoms with Crippen molar-refractivity contribution in [3.63, 3.8) is 0 Å². The molecule has 1 aromatic carbocycles. The van der Waals surface area contributed by atoms with E-state index in [1.165, 1.54) is 6.07 Å². The van der Waals surface area contributed by atoms with E-state index in [2.05, 4.69) is 10.2 Å². The Labute approximate surface area is 147 Å². The van der Waals surface area contributed by atoms with Crippen LogP contribution in [0.15, 0.2) is 24.3 Å². The van der Waals surface area contributed by atoms with E-state index in [1.54, 1.807) is 23.1 Å². The van der Waals surface area contributed by atoms with Crippen molar-refractivity contribution in [3.8, 4) is 0 Å². The quantitative estimate of drug-likeness (QED) is 0.892. The smallest absolute Gasteiger partial charge is 0.317 e. The third-order valence-electron chi connectivity index (χ3n) is 4.87. The number of rotatable bonds is 4. The third kappa shape index (κ3) is 4.69. The molecule has 2 aliphatic rings. The zero-order valence-corrected chi connectivity index (χ0v) is 14.4. The number of amides is 3. The van der Waals surface area contributed by atoms with Crippen molar-refractivity contribution in [2.24, 2.45) is 0 Å². The molecule has 0 saturated carbocycles. The van der Waals surface area contributed by atoms with Crippen LogP contribution in [0.2, 0.25) is 0 Å². The molecule has 1 aromatic rings. The van der Waals surface area contributed by atoms with Gasteiger partial charge in [0.2, 0.25) is 5.91 Å². The lowest BCUT2D eigenvalue weighted by atomic mass is 10.2. The molecule has 2 heterocycles. The fourth-order valence-corrected chi connectivity index (χ4v) is 3.29. The van der Waals surface area contributed by atoms with Gasteiger partial charge in [0.05, 0.1) is 6.54 Å². The van der Waals surface area contributed by atoms with Crippen molar-refractivity contribution in [2.75, 3.05) is 45.8 Å². The van der Waals surface area contributed by atoms with Crippen LogP contribution in [0.5, 0.6) is 0 Å². The van der Waals surface area contributed by atoms with E-state index in [1.807, 2.05) is 4.90 Å². The number of benzene rings is 1. The van der Waals surface area contributed by atoms with Crippen LogP contribution < -0.4 is 5.32 Å². The molecule has 0 aliphatic carbocycles. The molecule has 7 heteroatoms. The summed E-state index contributed by atoms with van der Waals surface area (Å²) in [5, 5.41) is 2.76. The Morgan fingerprint density at radius 1 is 0.960 bits per heavy atom. The second kappa shape index (κ2) is 8.29. The molecule has 0 aromatic heterocycles. The van der Waals surface area contributed by atoms with Gasteiger partial charge in [-0.1, -0.05) is 18.2 Å². The monoisotopic (exact) mass is 348 g/mol. The topological polar surface area (TPSA) is 55.9 Å². The first-order valence-electron chi connectivity index (χ1n) is 8.90. The first-order valence-corrected chi connectivity index (χ1v) is 8.90. The summed E-state index contributed by atoms with van der Waals surface area (Å²) in [7, 11) is 0. The molecule has 136 valence electrons. The first kappa shape index (κ1) is 17.7. The third-order valence-corrected chi connectivity index (χ3v) is 4.87. The van der Waals surface area contributed by atoms with Crippen molar-refractivity contribution in [2.45, 2.75) is 19.4 Å². The minimum Gasteiger partial charge on any atom is -0.342 e. The zero-order chi connectivity index (χ0) is 17.6. The van der Waals surface area contributed by atoms with Gasteiger partial charge >= 0.3 is 6.03 Å². The van der Waals surface area contributed by atoms with Crippen molar-refractivity contribution in [1.82, 2.24) is 20.0 Å². The molecule has 25 heavy (non-hydrogen) atoms. The molecule has 3 amide bonds. The van der Waals surface area contributed by atoms with E-state index >= 15 is 0 Å². The van der Waals surface area contributed by atoms with E-state index in [-0.39, 0.29) is 24.3 Å². The fourth-order valence-electron chi connectivity index (χ4n) is 3.29. The Kier molecular flexibility index (Phi) is 5.86. The van der Waals surface area contributed by atoms with E-state index < -0.39 is 0 Å². The minimum atomic E-state index is -0.312. The normalized spacial score (nSPS) is 18.4. The molecule has 2 fully saturated rings. The van der Waals surface area contributed by atoms with Gasteiger partial charge in [-0.25, -0.2) is 9.18 Å². The Bertz CT molecular complexity index is 611. The number of nitrogens with zero attached hydrogens (tertiary/aromatic N) is 3. The minimum absolute atomic E-state index is 0.180. The zero-order valence-electron chi connectivity index (χ0n) is 14.4. The highest BCUT2D eigenvalue weighted by molar-refractivity contribution is 5.78. The summed E-state index contributed by atoms with van der Waals surface area (Å²) in [6.07, 6.45) is 2.20. The highest BCUT2D eigenvalue weighted by atomic mass is 19.1. The number of carbonyl (C=O) groups is 2. The Morgan fingerprint density at radius 2 is 1.64 bits per heavy atom. The summed E-state index contributed by atoms with van der Waals surface area (Å²) in [6.45, 7) is 4.89. The Balaban J connectivity index is 1.40. The number of hydrogen-bond donors (Lipinski definition) is 1. The van der Waals surface area contributed by atoms with Gasteiger partial charge < -0.3 is 15.1 Å². The van der Waals surface area contributed by atoms with Gasteiger partial charge in [-0.15, -0.1) is 0 Å². The van der Waals surface area contributed by atoms with Crippen LogP contribution in [0.25, 0.3) is 0 Å². The lowest BCUT2D eigenvalue weighted by Crippen LogP contribution is -2.53. The molecule has 0 spiro atoms. The lowest BCUT2D eigenvalue weighted by Gasteiger charge is -2.35. The number of hydrogen-bond acceptors (Lipinski definition) is 3. The number of halogens is 1. The molecular weight excluding hydrogens is 323 g/mol. The van der Waals surface area contributed by atoms with E-state index in [0.717, 1.165) is 25.9 Å². The Morgan fingerprint density at radius 3 is 2.32 bits per heavy atom. The van der Waals surface area contributed by atoms with Gasteiger partial charge in [-0.3, -0.25) is 9.69 Å². The van der Waals surface area contributed by atoms with Gasteiger partial charge in [0.25, 0.3) is 0 Å². The van der Waals surface area contributed by atoms with Crippen molar-refractivity contribution < 1.29 is 14.0 Å². The van der Waals surface area contributed by atoms with Crippen LogP contribution >= 0.6 is 0 Å². The summed E-state index contributed by atoms with van der Waals surface area (Å²) >= 11 is 0. The summed E-state index contributed by atoms with van der Waals surface area (Å²) in [6, 6.07) is 6.24. The maximum Gasteiger partial charge on any atom is 0.317 e. The van der Waals surface area contributed by atoms with Gasteiger partial charge in [0.1, 0.15) is 5.82 Å².